The first-order valence-corrected chi connectivity index (χ1v) is 11.4. The van der Waals surface area contributed by atoms with Crippen molar-refractivity contribution in [1.29, 1.82) is 0 Å². The number of hydrogen-bond acceptors (Lipinski definition) is 5. The molecule has 1 aromatic heterocycles. The van der Waals surface area contributed by atoms with E-state index in [9.17, 15) is 4.79 Å². The van der Waals surface area contributed by atoms with Gasteiger partial charge >= 0.3 is 0 Å². The summed E-state index contributed by atoms with van der Waals surface area (Å²) in [6.07, 6.45) is 5.23. The van der Waals surface area contributed by atoms with E-state index in [4.69, 9.17) is 9.47 Å². The Hall–Kier alpha value is -2.38. The van der Waals surface area contributed by atoms with Gasteiger partial charge < -0.3 is 14.4 Å². The first-order chi connectivity index (χ1) is 15.2. The minimum atomic E-state index is 0.0490. The lowest BCUT2D eigenvalue weighted by molar-refractivity contribution is 0.0611. The summed E-state index contributed by atoms with van der Waals surface area (Å²) in [6, 6.07) is 8.23. The van der Waals surface area contributed by atoms with E-state index in [1.807, 2.05) is 17.0 Å². The maximum Gasteiger partial charge on any atom is 0.274 e. The van der Waals surface area contributed by atoms with Gasteiger partial charge in [0.1, 0.15) is 5.75 Å². The minimum absolute atomic E-state index is 0.0490. The second-order valence-electron chi connectivity index (χ2n) is 8.66. The second-order valence-corrected chi connectivity index (χ2v) is 8.66. The molecule has 168 valence electrons. The molecule has 1 amide bonds. The summed E-state index contributed by atoms with van der Waals surface area (Å²) >= 11 is 0. The van der Waals surface area contributed by atoms with Gasteiger partial charge in [0, 0.05) is 43.6 Å². The van der Waals surface area contributed by atoms with E-state index in [0.29, 0.717) is 24.8 Å². The number of benzene rings is 1. The van der Waals surface area contributed by atoms with Crippen LogP contribution in [0.4, 0.5) is 0 Å². The van der Waals surface area contributed by atoms with E-state index in [0.717, 1.165) is 75.3 Å². The van der Waals surface area contributed by atoms with Crippen LogP contribution in [0.1, 0.15) is 46.6 Å². The summed E-state index contributed by atoms with van der Waals surface area (Å²) in [7, 11) is 3.41. The van der Waals surface area contributed by atoms with Crippen LogP contribution in [-0.4, -0.2) is 72.9 Å². The van der Waals surface area contributed by atoms with E-state index in [1.54, 1.807) is 14.2 Å². The van der Waals surface area contributed by atoms with Crippen molar-refractivity contribution in [2.75, 3.05) is 47.0 Å². The van der Waals surface area contributed by atoms with Crippen LogP contribution in [0.2, 0.25) is 0 Å². The van der Waals surface area contributed by atoms with Crippen LogP contribution in [0.25, 0.3) is 0 Å². The molecule has 1 fully saturated rings. The number of fused-ring (bicyclic) bond motifs is 1. The molecule has 0 radical (unpaired) electrons. The molecular formula is C24H34N4O3. The van der Waals surface area contributed by atoms with Crippen molar-refractivity contribution < 1.29 is 14.3 Å². The minimum Gasteiger partial charge on any atom is -0.496 e. The van der Waals surface area contributed by atoms with Crippen LogP contribution in [0.15, 0.2) is 24.3 Å². The summed E-state index contributed by atoms with van der Waals surface area (Å²) in [5.74, 6) is 1.50. The summed E-state index contributed by atoms with van der Waals surface area (Å²) in [5, 5.41) is 7.43. The molecule has 1 aliphatic heterocycles. The smallest absolute Gasteiger partial charge is 0.274 e. The summed E-state index contributed by atoms with van der Waals surface area (Å²) in [6.45, 7) is 4.90. The molecule has 1 aliphatic carbocycles. The Kier molecular flexibility index (Phi) is 7.25. The fourth-order valence-electron chi connectivity index (χ4n) is 4.84. The van der Waals surface area contributed by atoms with Crippen molar-refractivity contribution in [2.24, 2.45) is 5.92 Å². The number of aromatic amines is 1. The number of hydrogen-bond donors (Lipinski definition) is 1. The number of rotatable bonds is 9. The fourth-order valence-corrected chi connectivity index (χ4v) is 4.84. The van der Waals surface area contributed by atoms with Crippen molar-refractivity contribution in [2.45, 2.75) is 38.6 Å². The zero-order valence-corrected chi connectivity index (χ0v) is 18.7. The van der Waals surface area contributed by atoms with Gasteiger partial charge in [0.05, 0.1) is 13.7 Å². The molecule has 7 nitrogen and oxygen atoms in total. The van der Waals surface area contributed by atoms with Gasteiger partial charge in [0.2, 0.25) is 0 Å². The second kappa shape index (κ2) is 10.3. The average Bonchev–Trinajstić information content (AvgIpc) is 3.42. The van der Waals surface area contributed by atoms with Crippen molar-refractivity contribution in [3.05, 3.63) is 46.8 Å². The van der Waals surface area contributed by atoms with Crippen molar-refractivity contribution in [3.63, 3.8) is 0 Å². The molecule has 2 aliphatic rings. The molecule has 4 rings (SSSR count). The van der Waals surface area contributed by atoms with Crippen molar-refractivity contribution in [3.8, 4) is 5.75 Å². The van der Waals surface area contributed by atoms with Crippen LogP contribution >= 0.6 is 0 Å². The van der Waals surface area contributed by atoms with E-state index < -0.39 is 0 Å². The highest BCUT2D eigenvalue weighted by molar-refractivity contribution is 5.94. The fraction of sp³-hybridized carbons (Fsp3) is 0.583. The lowest BCUT2D eigenvalue weighted by Crippen LogP contribution is -2.42. The Morgan fingerprint density at radius 3 is 2.81 bits per heavy atom. The van der Waals surface area contributed by atoms with Gasteiger partial charge in [0.25, 0.3) is 5.91 Å². The molecule has 0 spiro atoms. The third kappa shape index (κ3) is 5.10. The van der Waals surface area contributed by atoms with Crippen molar-refractivity contribution >= 4 is 5.91 Å². The number of likely N-dealkylation sites (tertiary alicyclic amines) is 1. The Morgan fingerprint density at radius 2 is 2.03 bits per heavy atom. The number of piperidine rings is 1. The number of carbonyl (C=O) groups excluding carboxylic acids is 1. The maximum absolute atomic E-state index is 13.3. The van der Waals surface area contributed by atoms with Gasteiger partial charge in [-0.05, 0) is 57.2 Å². The number of ether oxygens (including phenoxy) is 2. The van der Waals surface area contributed by atoms with Crippen LogP contribution in [0.5, 0.6) is 5.75 Å². The summed E-state index contributed by atoms with van der Waals surface area (Å²) < 4.78 is 10.8. The number of nitrogens with one attached hydrogen (secondary N) is 1. The molecule has 1 N–H and O–H groups in total. The molecule has 1 saturated heterocycles. The molecule has 0 saturated carbocycles. The maximum atomic E-state index is 13.3. The zero-order chi connectivity index (χ0) is 21.6. The van der Waals surface area contributed by atoms with Gasteiger partial charge in [-0.2, -0.15) is 5.10 Å². The standard InChI is InChI=1S/C24H34N4O3/c1-30-15-14-28(24(29)23-20-7-5-8-21(20)25-26-23)16-18-10-12-27(13-11-18)17-19-6-3-4-9-22(19)31-2/h3-4,6,9,18H,5,7-8,10-17H2,1-2H3,(H,25,26). The molecule has 7 heteroatoms. The van der Waals surface area contributed by atoms with Crippen LogP contribution < -0.4 is 4.74 Å². The largest absolute Gasteiger partial charge is 0.496 e. The first-order valence-electron chi connectivity index (χ1n) is 11.4. The lowest BCUT2D eigenvalue weighted by Gasteiger charge is -2.35. The third-order valence-electron chi connectivity index (χ3n) is 6.63. The normalized spacial score (nSPS) is 17.0. The monoisotopic (exact) mass is 426 g/mol. The highest BCUT2D eigenvalue weighted by Gasteiger charge is 2.29. The number of aromatic nitrogens is 2. The van der Waals surface area contributed by atoms with Gasteiger partial charge in [-0.3, -0.25) is 14.8 Å². The molecule has 31 heavy (non-hydrogen) atoms. The first kappa shape index (κ1) is 21.8. The topological polar surface area (TPSA) is 70.7 Å². The van der Waals surface area contributed by atoms with Gasteiger partial charge in [-0.25, -0.2) is 0 Å². The van der Waals surface area contributed by atoms with Gasteiger partial charge in [-0.1, -0.05) is 18.2 Å². The number of H-pyrrole nitrogens is 1. The average molecular weight is 427 g/mol. The Bertz CT molecular complexity index is 873. The van der Waals surface area contributed by atoms with Crippen LogP contribution in [0, 0.1) is 5.92 Å². The predicted octanol–water partition coefficient (Wildman–Crippen LogP) is 2.91. The van der Waals surface area contributed by atoms with E-state index >= 15 is 0 Å². The predicted molar refractivity (Wildman–Crippen MR) is 119 cm³/mol. The third-order valence-corrected chi connectivity index (χ3v) is 6.63. The molecule has 0 atom stereocenters. The van der Waals surface area contributed by atoms with E-state index in [2.05, 4.69) is 27.2 Å². The Morgan fingerprint density at radius 1 is 1.23 bits per heavy atom. The lowest BCUT2D eigenvalue weighted by atomic mass is 9.95. The van der Waals surface area contributed by atoms with Gasteiger partial charge in [0.15, 0.2) is 5.69 Å². The Labute approximate surface area is 184 Å². The quantitative estimate of drug-likeness (QED) is 0.668. The number of nitrogens with zero attached hydrogens (tertiary/aromatic N) is 3. The summed E-state index contributed by atoms with van der Waals surface area (Å²) in [5.41, 5.74) is 4.11. The van der Waals surface area contributed by atoms with Crippen LogP contribution in [0.3, 0.4) is 0 Å². The zero-order valence-electron chi connectivity index (χ0n) is 18.7. The van der Waals surface area contributed by atoms with E-state index in [-0.39, 0.29) is 5.91 Å². The van der Waals surface area contributed by atoms with Crippen molar-refractivity contribution in [1.82, 2.24) is 20.0 Å². The molecule has 1 aromatic carbocycles. The number of aryl methyl sites for hydroxylation is 1. The number of para-hydroxylation sites is 1. The van der Waals surface area contributed by atoms with Crippen LogP contribution in [-0.2, 0) is 24.1 Å². The number of carbonyl (C=O) groups is 1. The molecule has 0 unspecified atom stereocenters. The SMILES string of the molecule is COCCN(CC1CCN(Cc2ccccc2OC)CC1)C(=O)c1n[nH]c2c1CCC2. The number of methoxy groups -OCH3 is 2. The summed E-state index contributed by atoms with van der Waals surface area (Å²) in [4.78, 5) is 17.7. The van der Waals surface area contributed by atoms with Gasteiger partial charge in [-0.15, -0.1) is 0 Å². The van der Waals surface area contributed by atoms with E-state index in [1.165, 1.54) is 5.56 Å². The molecule has 2 aromatic rings. The molecule has 0 bridgehead atoms. The molecular weight excluding hydrogens is 392 g/mol. The highest BCUT2D eigenvalue weighted by atomic mass is 16.5. The molecule has 2 heterocycles. The highest BCUT2D eigenvalue weighted by Crippen LogP contribution is 2.26. The number of amides is 1. The Balaban J connectivity index is 1.34.